The Morgan fingerprint density at radius 3 is 2.74 bits per heavy atom. The second kappa shape index (κ2) is 5.88. The Labute approximate surface area is 122 Å². The molecular formula is C15H20BrN3. The molecule has 102 valence electrons. The lowest BCUT2D eigenvalue weighted by Gasteiger charge is -2.10. The monoisotopic (exact) mass is 321 g/mol. The summed E-state index contributed by atoms with van der Waals surface area (Å²) in [6.45, 7) is 7.32. The van der Waals surface area contributed by atoms with Crippen LogP contribution < -0.4 is 5.32 Å². The zero-order chi connectivity index (χ0) is 14.0. The molecule has 3 nitrogen and oxygen atoms in total. The molecule has 0 saturated carbocycles. The third-order valence-electron chi connectivity index (χ3n) is 3.31. The molecule has 4 heteroatoms. The number of nitrogens with zero attached hydrogens (tertiary/aromatic N) is 1. The van der Waals surface area contributed by atoms with Gasteiger partial charge in [-0.05, 0) is 53.0 Å². The van der Waals surface area contributed by atoms with Gasteiger partial charge in [-0.1, -0.05) is 26.0 Å². The van der Waals surface area contributed by atoms with E-state index in [-0.39, 0.29) is 0 Å². The molecule has 2 aromatic rings. The van der Waals surface area contributed by atoms with Gasteiger partial charge in [-0.3, -0.25) is 5.10 Å². The van der Waals surface area contributed by atoms with Gasteiger partial charge in [0, 0.05) is 12.1 Å². The Balaban J connectivity index is 2.49. The third kappa shape index (κ3) is 2.90. The molecule has 0 radical (unpaired) electrons. The van der Waals surface area contributed by atoms with E-state index in [1.54, 1.807) is 0 Å². The molecule has 0 spiro atoms. The Morgan fingerprint density at radius 2 is 2.11 bits per heavy atom. The lowest BCUT2D eigenvalue weighted by Crippen LogP contribution is -2.05. The maximum absolute atomic E-state index is 4.45. The SMILES string of the molecule is CNCc1[nH]nc(-c2cc(C(C)C)ccc2C)c1Br. The number of aryl methyl sites for hydroxylation is 1. The van der Waals surface area contributed by atoms with Gasteiger partial charge in [0.2, 0.25) is 0 Å². The van der Waals surface area contributed by atoms with E-state index >= 15 is 0 Å². The van der Waals surface area contributed by atoms with E-state index in [0.717, 1.165) is 22.4 Å². The van der Waals surface area contributed by atoms with Crippen molar-refractivity contribution in [3.8, 4) is 11.3 Å². The first kappa shape index (κ1) is 14.3. The van der Waals surface area contributed by atoms with Gasteiger partial charge < -0.3 is 5.32 Å². The molecular weight excluding hydrogens is 302 g/mol. The second-order valence-corrected chi connectivity index (χ2v) is 5.92. The van der Waals surface area contributed by atoms with Gasteiger partial charge in [0.15, 0.2) is 0 Å². The minimum atomic E-state index is 0.522. The molecule has 2 rings (SSSR count). The van der Waals surface area contributed by atoms with Gasteiger partial charge in [0.25, 0.3) is 0 Å². The van der Waals surface area contributed by atoms with Crippen LogP contribution >= 0.6 is 15.9 Å². The molecule has 0 saturated heterocycles. The van der Waals surface area contributed by atoms with E-state index in [1.807, 2.05) is 7.05 Å². The molecule has 2 N–H and O–H groups in total. The van der Waals surface area contributed by atoms with E-state index in [1.165, 1.54) is 16.7 Å². The smallest absolute Gasteiger partial charge is 0.107 e. The zero-order valence-corrected chi connectivity index (χ0v) is 13.4. The molecule has 0 fully saturated rings. The van der Waals surface area contributed by atoms with Crippen LogP contribution in [0.3, 0.4) is 0 Å². The molecule has 0 unspecified atom stereocenters. The van der Waals surface area contributed by atoms with E-state index in [9.17, 15) is 0 Å². The lowest BCUT2D eigenvalue weighted by atomic mass is 9.96. The first-order valence-electron chi connectivity index (χ1n) is 6.52. The minimum absolute atomic E-state index is 0.522. The predicted molar refractivity (Wildman–Crippen MR) is 83.3 cm³/mol. The number of hydrogen-bond acceptors (Lipinski definition) is 2. The van der Waals surface area contributed by atoms with Crippen molar-refractivity contribution in [1.82, 2.24) is 15.5 Å². The summed E-state index contributed by atoms with van der Waals surface area (Å²) in [4.78, 5) is 0. The molecule has 0 aliphatic rings. The van der Waals surface area contributed by atoms with E-state index in [4.69, 9.17) is 0 Å². The number of nitrogens with one attached hydrogen (secondary N) is 2. The summed E-state index contributed by atoms with van der Waals surface area (Å²) in [6, 6.07) is 6.60. The molecule has 0 aliphatic heterocycles. The lowest BCUT2D eigenvalue weighted by molar-refractivity contribution is 0.781. The Morgan fingerprint density at radius 1 is 1.37 bits per heavy atom. The van der Waals surface area contributed by atoms with Crippen LogP contribution in [0.25, 0.3) is 11.3 Å². The average molecular weight is 322 g/mol. The summed E-state index contributed by atoms with van der Waals surface area (Å²) < 4.78 is 1.05. The van der Waals surface area contributed by atoms with Gasteiger partial charge in [-0.15, -0.1) is 0 Å². The molecule has 0 atom stereocenters. The summed E-state index contributed by atoms with van der Waals surface area (Å²) in [6.07, 6.45) is 0. The standard InChI is InChI=1S/C15H20BrN3/c1-9(2)11-6-5-10(3)12(7-11)15-14(16)13(8-17-4)18-19-15/h5-7,9,17H,8H2,1-4H3,(H,18,19). The van der Waals surface area contributed by atoms with Crippen LogP contribution in [0.5, 0.6) is 0 Å². The maximum atomic E-state index is 4.45. The fraction of sp³-hybridized carbons (Fsp3) is 0.400. The highest BCUT2D eigenvalue weighted by molar-refractivity contribution is 9.10. The zero-order valence-electron chi connectivity index (χ0n) is 11.8. The molecule has 1 aromatic heterocycles. The first-order chi connectivity index (χ1) is 9.04. The van der Waals surface area contributed by atoms with E-state index in [2.05, 4.69) is 70.4 Å². The molecule has 0 bridgehead atoms. The molecule has 19 heavy (non-hydrogen) atoms. The van der Waals surface area contributed by atoms with Gasteiger partial charge in [0.05, 0.1) is 10.2 Å². The summed E-state index contributed by atoms with van der Waals surface area (Å²) >= 11 is 3.65. The van der Waals surface area contributed by atoms with Crippen molar-refractivity contribution in [2.75, 3.05) is 7.05 Å². The van der Waals surface area contributed by atoms with Crippen molar-refractivity contribution in [3.63, 3.8) is 0 Å². The van der Waals surface area contributed by atoms with Crippen LogP contribution in [-0.2, 0) is 6.54 Å². The number of benzene rings is 1. The Hall–Kier alpha value is -1.13. The number of halogens is 1. The van der Waals surface area contributed by atoms with E-state index in [0.29, 0.717) is 5.92 Å². The maximum Gasteiger partial charge on any atom is 0.107 e. The summed E-state index contributed by atoms with van der Waals surface area (Å²) in [7, 11) is 1.93. The van der Waals surface area contributed by atoms with Crippen LogP contribution in [0.15, 0.2) is 22.7 Å². The molecule has 1 aromatic carbocycles. The molecule has 0 amide bonds. The highest BCUT2D eigenvalue weighted by Gasteiger charge is 2.14. The van der Waals surface area contributed by atoms with E-state index < -0.39 is 0 Å². The predicted octanol–water partition coefficient (Wildman–Crippen LogP) is 3.99. The summed E-state index contributed by atoms with van der Waals surface area (Å²) in [5, 5.41) is 10.7. The Kier molecular flexibility index (Phi) is 4.42. The highest BCUT2D eigenvalue weighted by Crippen LogP contribution is 2.32. The largest absolute Gasteiger partial charge is 0.314 e. The fourth-order valence-corrected chi connectivity index (χ4v) is 2.62. The second-order valence-electron chi connectivity index (χ2n) is 5.12. The quantitative estimate of drug-likeness (QED) is 0.893. The number of H-pyrrole nitrogens is 1. The van der Waals surface area contributed by atoms with Crippen molar-refractivity contribution >= 4 is 15.9 Å². The van der Waals surface area contributed by atoms with Gasteiger partial charge in [0.1, 0.15) is 5.69 Å². The summed E-state index contributed by atoms with van der Waals surface area (Å²) in [5.41, 5.74) is 5.84. The van der Waals surface area contributed by atoms with Crippen molar-refractivity contribution in [2.24, 2.45) is 0 Å². The third-order valence-corrected chi connectivity index (χ3v) is 4.17. The molecule has 0 aliphatic carbocycles. The first-order valence-corrected chi connectivity index (χ1v) is 7.32. The van der Waals surface area contributed by atoms with Crippen LogP contribution in [0.4, 0.5) is 0 Å². The van der Waals surface area contributed by atoms with Crippen molar-refractivity contribution in [2.45, 2.75) is 33.2 Å². The minimum Gasteiger partial charge on any atom is -0.314 e. The number of aromatic amines is 1. The number of aromatic nitrogens is 2. The van der Waals surface area contributed by atoms with Crippen LogP contribution in [0, 0.1) is 6.92 Å². The number of rotatable bonds is 4. The van der Waals surface area contributed by atoms with Crippen molar-refractivity contribution < 1.29 is 0 Å². The topological polar surface area (TPSA) is 40.7 Å². The van der Waals surface area contributed by atoms with Gasteiger partial charge in [-0.25, -0.2) is 0 Å². The molecule has 1 heterocycles. The van der Waals surface area contributed by atoms with Crippen LogP contribution in [0.1, 0.15) is 36.6 Å². The van der Waals surface area contributed by atoms with Gasteiger partial charge in [-0.2, -0.15) is 5.10 Å². The van der Waals surface area contributed by atoms with Crippen molar-refractivity contribution in [3.05, 3.63) is 39.5 Å². The summed E-state index contributed by atoms with van der Waals surface area (Å²) in [5.74, 6) is 0.522. The normalized spacial score (nSPS) is 11.3. The Bertz CT molecular complexity index is 573. The fourth-order valence-electron chi connectivity index (χ4n) is 2.09. The van der Waals surface area contributed by atoms with Crippen LogP contribution in [0.2, 0.25) is 0 Å². The highest BCUT2D eigenvalue weighted by atomic mass is 79.9. The van der Waals surface area contributed by atoms with Gasteiger partial charge >= 0.3 is 0 Å². The average Bonchev–Trinajstić information content (AvgIpc) is 2.72. The number of hydrogen-bond donors (Lipinski definition) is 2. The van der Waals surface area contributed by atoms with Crippen LogP contribution in [-0.4, -0.2) is 17.2 Å². The van der Waals surface area contributed by atoms with Crippen molar-refractivity contribution in [1.29, 1.82) is 0 Å².